The smallest absolute Gasteiger partial charge is 0.326 e. The van der Waals surface area contributed by atoms with Crippen LogP contribution in [0.2, 0.25) is 0 Å². The van der Waals surface area contributed by atoms with E-state index in [1.807, 2.05) is 32.0 Å². The number of hydrogen-bond donors (Lipinski definition) is 1. The van der Waals surface area contributed by atoms with Gasteiger partial charge < -0.3 is 19.5 Å². The molecule has 0 spiro atoms. The van der Waals surface area contributed by atoms with Crippen molar-refractivity contribution in [2.24, 2.45) is 5.92 Å². The number of carbonyl (C=O) groups excluding carboxylic acids is 2. The number of aryl methyl sites for hydroxylation is 1. The van der Waals surface area contributed by atoms with Crippen molar-refractivity contribution < 1.29 is 23.8 Å². The molecule has 2 heterocycles. The average molecular weight is 420 g/mol. The first-order valence-corrected chi connectivity index (χ1v) is 10.2. The number of hydrogen-bond acceptors (Lipinski definition) is 7. The van der Waals surface area contributed by atoms with Gasteiger partial charge in [-0.1, -0.05) is 31.3 Å². The zero-order valence-electron chi connectivity index (χ0n) is 16.6. The minimum Gasteiger partial charge on any atom is -0.486 e. The van der Waals surface area contributed by atoms with E-state index >= 15 is 0 Å². The number of carbonyl (C=O) groups is 2. The van der Waals surface area contributed by atoms with E-state index < -0.39 is 18.5 Å². The average Bonchev–Trinajstić information content (AvgIpc) is 3.02. The van der Waals surface area contributed by atoms with Crippen molar-refractivity contribution in [1.29, 1.82) is 0 Å². The summed E-state index contributed by atoms with van der Waals surface area (Å²) in [7, 11) is 0. The number of nitrogens with one attached hydrogen (secondary N) is 1. The van der Waals surface area contributed by atoms with Crippen molar-refractivity contribution in [2.75, 3.05) is 19.8 Å². The maximum atomic E-state index is 12.3. The maximum absolute atomic E-state index is 12.3. The fraction of sp³-hybridized carbons (Fsp3) is 0.450. The van der Waals surface area contributed by atoms with Crippen molar-refractivity contribution in [3.05, 3.63) is 44.5 Å². The maximum Gasteiger partial charge on any atom is 0.326 e. The van der Waals surface area contributed by atoms with Crippen LogP contribution in [0.15, 0.2) is 28.4 Å². The molecule has 1 amide bonds. The summed E-state index contributed by atoms with van der Waals surface area (Å²) in [6.07, 6.45) is 0. The van der Waals surface area contributed by atoms with E-state index in [2.05, 4.69) is 5.32 Å². The SMILES string of the molecule is Cc1csc(=O)n1CC(=O)OCC(=O)N[C@@H](c1ccc2c(c1)OCCO2)C(C)C. The summed E-state index contributed by atoms with van der Waals surface area (Å²) in [5.74, 6) is 0.383. The number of benzene rings is 1. The van der Waals surface area contributed by atoms with E-state index in [-0.39, 0.29) is 23.4 Å². The number of esters is 1. The number of rotatable bonds is 7. The molecule has 0 radical (unpaired) electrons. The second-order valence-electron chi connectivity index (χ2n) is 7.08. The molecule has 1 aromatic heterocycles. The van der Waals surface area contributed by atoms with E-state index in [1.54, 1.807) is 12.3 Å². The molecular weight excluding hydrogens is 396 g/mol. The lowest BCUT2D eigenvalue weighted by atomic mass is 9.95. The second kappa shape index (κ2) is 9.13. The normalized spacial score (nSPS) is 13.8. The van der Waals surface area contributed by atoms with Crippen molar-refractivity contribution in [3.63, 3.8) is 0 Å². The molecule has 0 saturated heterocycles. The van der Waals surface area contributed by atoms with Gasteiger partial charge in [0.05, 0.1) is 6.04 Å². The van der Waals surface area contributed by atoms with Crippen LogP contribution in [0.4, 0.5) is 0 Å². The Kier molecular flexibility index (Phi) is 6.58. The number of ether oxygens (including phenoxy) is 3. The number of amides is 1. The summed E-state index contributed by atoms with van der Waals surface area (Å²) in [5, 5.41) is 4.57. The summed E-state index contributed by atoms with van der Waals surface area (Å²) in [4.78, 5) is 35.8. The molecule has 1 N–H and O–H groups in total. The van der Waals surface area contributed by atoms with E-state index in [4.69, 9.17) is 14.2 Å². The van der Waals surface area contributed by atoms with Crippen LogP contribution in [0, 0.1) is 12.8 Å². The predicted octanol–water partition coefficient (Wildman–Crippen LogP) is 2.05. The van der Waals surface area contributed by atoms with Crippen LogP contribution in [0.25, 0.3) is 0 Å². The fourth-order valence-electron chi connectivity index (χ4n) is 3.02. The molecular formula is C20H24N2O6S. The van der Waals surface area contributed by atoms with Crippen LogP contribution >= 0.6 is 11.3 Å². The van der Waals surface area contributed by atoms with E-state index in [0.717, 1.165) is 16.9 Å². The Hall–Kier alpha value is -2.81. The lowest BCUT2D eigenvalue weighted by Gasteiger charge is -2.25. The molecule has 0 unspecified atom stereocenters. The van der Waals surface area contributed by atoms with E-state index in [0.29, 0.717) is 30.4 Å². The Balaban J connectivity index is 1.58. The summed E-state index contributed by atoms with van der Waals surface area (Å²) in [6.45, 7) is 6.08. The first-order chi connectivity index (χ1) is 13.8. The van der Waals surface area contributed by atoms with Gasteiger partial charge in [0, 0.05) is 11.1 Å². The summed E-state index contributed by atoms with van der Waals surface area (Å²) < 4.78 is 17.5. The monoisotopic (exact) mass is 420 g/mol. The molecule has 9 heteroatoms. The first-order valence-electron chi connectivity index (χ1n) is 9.34. The minimum absolute atomic E-state index is 0.101. The quantitative estimate of drug-likeness (QED) is 0.689. The Labute approximate surface area is 172 Å². The molecule has 29 heavy (non-hydrogen) atoms. The second-order valence-corrected chi connectivity index (χ2v) is 7.90. The van der Waals surface area contributed by atoms with Gasteiger partial charge in [-0.25, -0.2) is 0 Å². The van der Waals surface area contributed by atoms with Crippen molar-refractivity contribution >= 4 is 23.2 Å². The summed E-state index contributed by atoms with van der Waals surface area (Å²) in [6, 6.07) is 5.29. The van der Waals surface area contributed by atoms with E-state index in [1.165, 1.54) is 4.57 Å². The zero-order chi connectivity index (χ0) is 21.0. The van der Waals surface area contributed by atoms with Gasteiger partial charge in [-0.05, 0) is 30.5 Å². The van der Waals surface area contributed by atoms with Crippen LogP contribution in [-0.4, -0.2) is 36.3 Å². The molecule has 3 rings (SSSR count). The molecule has 1 aromatic carbocycles. The zero-order valence-corrected chi connectivity index (χ0v) is 17.4. The third kappa shape index (κ3) is 5.17. The molecule has 0 saturated carbocycles. The lowest BCUT2D eigenvalue weighted by Crippen LogP contribution is -2.35. The van der Waals surface area contributed by atoms with Crippen molar-refractivity contribution in [3.8, 4) is 11.5 Å². The highest BCUT2D eigenvalue weighted by Gasteiger charge is 2.22. The van der Waals surface area contributed by atoms with Crippen LogP contribution < -0.4 is 19.7 Å². The third-order valence-electron chi connectivity index (χ3n) is 4.54. The number of nitrogens with zero attached hydrogens (tertiary/aromatic N) is 1. The van der Waals surface area contributed by atoms with Crippen molar-refractivity contribution in [1.82, 2.24) is 9.88 Å². The Bertz CT molecular complexity index is 949. The van der Waals surface area contributed by atoms with Crippen LogP contribution in [0.3, 0.4) is 0 Å². The number of aromatic nitrogens is 1. The van der Waals surface area contributed by atoms with Crippen LogP contribution in [0.5, 0.6) is 11.5 Å². The fourth-order valence-corrected chi connectivity index (χ4v) is 3.75. The Morgan fingerprint density at radius 2 is 1.97 bits per heavy atom. The molecule has 0 bridgehead atoms. The van der Waals surface area contributed by atoms with E-state index in [9.17, 15) is 14.4 Å². The summed E-state index contributed by atoms with van der Waals surface area (Å²) >= 11 is 1.02. The molecule has 1 aliphatic rings. The first kappa shape index (κ1) is 20.9. The van der Waals surface area contributed by atoms with Crippen LogP contribution in [-0.2, 0) is 20.9 Å². The highest BCUT2D eigenvalue weighted by molar-refractivity contribution is 7.07. The van der Waals surface area contributed by atoms with Gasteiger partial charge in [-0.2, -0.15) is 0 Å². The Morgan fingerprint density at radius 1 is 1.24 bits per heavy atom. The molecule has 2 aromatic rings. The molecule has 8 nitrogen and oxygen atoms in total. The molecule has 156 valence electrons. The number of thiazole rings is 1. The highest BCUT2D eigenvalue weighted by atomic mass is 32.1. The van der Waals surface area contributed by atoms with Gasteiger partial charge in [0.1, 0.15) is 19.8 Å². The number of fused-ring (bicyclic) bond motifs is 1. The van der Waals surface area contributed by atoms with Gasteiger partial charge in [-0.15, -0.1) is 0 Å². The highest BCUT2D eigenvalue weighted by Crippen LogP contribution is 2.34. The van der Waals surface area contributed by atoms with Gasteiger partial charge in [0.2, 0.25) is 0 Å². The molecule has 1 atom stereocenters. The minimum atomic E-state index is -0.635. The van der Waals surface area contributed by atoms with Gasteiger partial charge in [-0.3, -0.25) is 19.0 Å². The van der Waals surface area contributed by atoms with Crippen LogP contribution in [0.1, 0.15) is 31.1 Å². The summed E-state index contributed by atoms with van der Waals surface area (Å²) in [5.41, 5.74) is 1.56. The van der Waals surface area contributed by atoms with Gasteiger partial charge in [0.25, 0.3) is 5.91 Å². The molecule has 0 aliphatic carbocycles. The predicted molar refractivity (Wildman–Crippen MR) is 107 cm³/mol. The van der Waals surface area contributed by atoms with Gasteiger partial charge in [0.15, 0.2) is 18.1 Å². The molecule has 1 aliphatic heterocycles. The van der Waals surface area contributed by atoms with Crippen molar-refractivity contribution in [2.45, 2.75) is 33.4 Å². The third-order valence-corrected chi connectivity index (χ3v) is 5.42. The standard InChI is InChI=1S/C20H24N2O6S/c1-12(2)19(14-4-5-15-16(8-14)27-7-6-26-15)21-17(23)10-28-18(24)9-22-13(3)11-29-20(22)25/h4-5,8,11-12,19H,6-7,9-10H2,1-3H3,(H,21,23)/t19-/m1/s1. The Morgan fingerprint density at radius 3 is 2.62 bits per heavy atom. The topological polar surface area (TPSA) is 95.9 Å². The van der Waals surface area contributed by atoms with Gasteiger partial charge >= 0.3 is 10.8 Å². The lowest BCUT2D eigenvalue weighted by molar-refractivity contribution is -0.149. The molecule has 0 fully saturated rings. The largest absolute Gasteiger partial charge is 0.486 e.